The lowest BCUT2D eigenvalue weighted by Gasteiger charge is -2.11. The zero-order chi connectivity index (χ0) is 20.1. The molecule has 2 amide bonds. The number of amides is 2. The fourth-order valence-corrected chi connectivity index (χ4v) is 3.21. The number of anilines is 1. The zero-order valence-corrected chi connectivity index (χ0v) is 16.9. The summed E-state index contributed by atoms with van der Waals surface area (Å²) in [5, 5.41) is 10.2. The van der Waals surface area contributed by atoms with Crippen molar-refractivity contribution in [2.45, 2.75) is 46.6 Å². The molecular formula is C21H28N6O. The van der Waals surface area contributed by atoms with Gasteiger partial charge in [0, 0.05) is 42.8 Å². The van der Waals surface area contributed by atoms with E-state index in [0.29, 0.717) is 12.5 Å². The monoisotopic (exact) mass is 380 g/mol. The number of aryl methyl sites for hydroxylation is 3. The van der Waals surface area contributed by atoms with Crippen LogP contribution in [0.15, 0.2) is 42.7 Å². The number of carbonyl (C=O) groups is 1. The van der Waals surface area contributed by atoms with E-state index in [1.807, 2.05) is 61.3 Å². The van der Waals surface area contributed by atoms with Gasteiger partial charge in [0.15, 0.2) is 0 Å². The number of urea groups is 1. The molecule has 3 rings (SSSR count). The lowest BCUT2D eigenvalue weighted by Crippen LogP contribution is -2.30. The topological polar surface area (TPSA) is 76.8 Å². The van der Waals surface area contributed by atoms with E-state index in [-0.39, 0.29) is 6.03 Å². The predicted octanol–water partition coefficient (Wildman–Crippen LogP) is 4.02. The van der Waals surface area contributed by atoms with Crippen molar-refractivity contribution in [3.05, 3.63) is 59.9 Å². The van der Waals surface area contributed by atoms with E-state index < -0.39 is 0 Å². The van der Waals surface area contributed by atoms with Gasteiger partial charge in [-0.3, -0.25) is 0 Å². The Morgan fingerprint density at radius 2 is 1.93 bits per heavy atom. The van der Waals surface area contributed by atoms with E-state index in [2.05, 4.69) is 39.1 Å². The third kappa shape index (κ3) is 4.79. The Morgan fingerprint density at radius 1 is 1.18 bits per heavy atom. The van der Waals surface area contributed by atoms with Gasteiger partial charge in [-0.2, -0.15) is 5.10 Å². The molecule has 7 heteroatoms. The average Bonchev–Trinajstić information content (AvgIpc) is 3.25. The summed E-state index contributed by atoms with van der Waals surface area (Å²) in [4.78, 5) is 16.5. The summed E-state index contributed by atoms with van der Waals surface area (Å²) >= 11 is 0. The summed E-state index contributed by atoms with van der Waals surface area (Å²) in [6.45, 7) is 9.69. The summed E-state index contributed by atoms with van der Waals surface area (Å²) in [5.41, 5.74) is 3.78. The maximum absolute atomic E-state index is 12.1. The van der Waals surface area contributed by atoms with Gasteiger partial charge in [0.1, 0.15) is 5.82 Å². The molecule has 0 bridgehead atoms. The lowest BCUT2D eigenvalue weighted by atomic mass is 10.2. The number of hydrogen-bond donors (Lipinski definition) is 2. The number of carbonyl (C=O) groups excluding carboxylic acids is 1. The Balaban J connectivity index is 1.46. The van der Waals surface area contributed by atoms with E-state index in [4.69, 9.17) is 0 Å². The van der Waals surface area contributed by atoms with Crippen LogP contribution in [0.2, 0.25) is 0 Å². The molecular weight excluding hydrogens is 352 g/mol. The van der Waals surface area contributed by atoms with Gasteiger partial charge in [0.2, 0.25) is 0 Å². The van der Waals surface area contributed by atoms with Crippen LogP contribution < -0.4 is 10.6 Å². The zero-order valence-electron chi connectivity index (χ0n) is 16.9. The number of nitrogens with one attached hydrogen (secondary N) is 2. The molecule has 148 valence electrons. The third-order valence-electron chi connectivity index (χ3n) is 4.50. The summed E-state index contributed by atoms with van der Waals surface area (Å²) in [6.07, 6.45) is 4.66. The van der Waals surface area contributed by atoms with Crippen LogP contribution in [0.5, 0.6) is 0 Å². The molecule has 2 N–H and O–H groups in total. The van der Waals surface area contributed by atoms with Crippen molar-refractivity contribution in [1.82, 2.24) is 24.6 Å². The highest BCUT2D eigenvalue weighted by Gasteiger charge is 2.07. The Labute approximate surface area is 165 Å². The first-order valence-electron chi connectivity index (χ1n) is 9.63. The van der Waals surface area contributed by atoms with E-state index in [0.717, 1.165) is 41.6 Å². The smallest absolute Gasteiger partial charge is 0.319 e. The minimum Gasteiger partial charge on any atom is -0.338 e. The van der Waals surface area contributed by atoms with Gasteiger partial charge in [-0.1, -0.05) is 13.8 Å². The van der Waals surface area contributed by atoms with E-state index in [1.54, 1.807) is 0 Å². The number of imidazole rings is 1. The first-order valence-corrected chi connectivity index (χ1v) is 9.63. The van der Waals surface area contributed by atoms with Crippen molar-refractivity contribution in [3.63, 3.8) is 0 Å². The maximum atomic E-state index is 12.1. The highest BCUT2D eigenvalue weighted by atomic mass is 16.2. The van der Waals surface area contributed by atoms with Crippen LogP contribution >= 0.6 is 0 Å². The standard InChI is InChI=1S/C21H28N6O/c1-15(2)20-22-11-13-26(20)12-5-10-23-21(28)24-18-6-8-19(9-7-18)27-17(4)14-16(3)25-27/h6-9,11,13-15H,5,10,12H2,1-4H3,(H2,23,24,28). The largest absolute Gasteiger partial charge is 0.338 e. The Hall–Kier alpha value is -3.09. The van der Waals surface area contributed by atoms with Crippen LogP contribution in [0.3, 0.4) is 0 Å². The SMILES string of the molecule is Cc1cc(C)n(-c2ccc(NC(=O)NCCCn3ccnc3C(C)C)cc2)n1. The minimum absolute atomic E-state index is 0.200. The van der Waals surface area contributed by atoms with Gasteiger partial charge in [0.05, 0.1) is 11.4 Å². The summed E-state index contributed by atoms with van der Waals surface area (Å²) in [6, 6.07) is 9.49. The molecule has 0 saturated heterocycles. The van der Waals surface area contributed by atoms with Gasteiger partial charge < -0.3 is 15.2 Å². The molecule has 3 aromatic rings. The van der Waals surface area contributed by atoms with Crippen LogP contribution in [0.1, 0.15) is 43.4 Å². The average molecular weight is 380 g/mol. The molecule has 0 aliphatic rings. The molecule has 0 fully saturated rings. The summed E-state index contributed by atoms with van der Waals surface area (Å²) < 4.78 is 4.03. The van der Waals surface area contributed by atoms with Crippen LogP contribution in [0, 0.1) is 13.8 Å². The normalized spacial score (nSPS) is 11.0. The molecule has 0 unspecified atom stereocenters. The molecule has 2 heterocycles. The number of aromatic nitrogens is 4. The highest BCUT2D eigenvalue weighted by Crippen LogP contribution is 2.15. The molecule has 7 nitrogen and oxygen atoms in total. The molecule has 1 aromatic carbocycles. The second-order valence-corrected chi connectivity index (χ2v) is 7.25. The van der Waals surface area contributed by atoms with Crippen molar-refractivity contribution in [2.75, 3.05) is 11.9 Å². The fraction of sp³-hybridized carbons (Fsp3) is 0.381. The molecule has 0 aliphatic carbocycles. The molecule has 0 saturated carbocycles. The second kappa shape index (κ2) is 8.73. The number of hydrogen-bond acceptors (Lipinski definition) is 3. The van der Waals surface area contributed by atoms with Crippen molar-refractivity contribution < 1.29 is 4.79 Å². The number of rotatable bonds is 7. The second-order valence-electron chi connectivity index (χ2n) is 7.25. The minimum atomic E-state index is -0.200. The van der Waals surface area contributed by atoms with Gasteiger partial charge in [0.25, 0.3) is 0 Å². The van der Waals surface area contributed by atoms with E-state index >= 15 is 0 Å². The Kier molecular flexibility index (Phi) is 6.13. The molecule has 0 atom stereocenters. The summed E-state index contributed by atoms with van der Waals surface area (Å²) in [5.74, 6) is 1.47. The number of nitrogens with zero attached hydrogens (tertiary/aromatic N) is 4. The van der Waals surface area contributed by atoms with Crippen LogP contribution in [0.25, 0.3) is 5.69 Å². The molecule has 0 radical (unpaired) electrons. The van der Waals surface area contributed by atoms with Gasteiger partial charge in [-0.25, -0.2) is 14.5 Å². The van der Waals surface area contributed by atoms with Crippen molar-refractivity contribution in [1.29, 1.82) is 0 Å². The Morgan fingerprint density at radius 3 is 2.57 bits per heavy atom. The molecule has 28 heavy (non-hydrogen) atoms. The molecule has 0 spiro atoms. The first-order chi connectivity index (χ1) is 13.4. The van der Waals surface area contributed by atoms with Gasteiger partial charge >= 0.3 is 6.03 Å². The van der Waals surface area contributed by atoms with Crippen LogP contribution in [0.4, 0.5) is 10.5 Å². The fourth-order valence-electron chi connectivity index (χ4n) is 3.21. The third-order valence-corrected chi connectivity index (χ3v) is 4.50. The Bertz CT molecular complexity index is 923. The first kappa shape index (κ1) is 19.7. The number of benzene rings is 1. The maximum Gasteiger partial charge on any atom is 0.319 e. The van der Waals surface area contributed by atoms with Crippen molar-refractivity contribution in [2.24, 2.45) is 0 Å². The van der Waals surface area contributed by atoms with Crippen molar-refractivity contribution in [3.8, 4) is 5.69 Å². The van der Waals surface area contributed by atoms with Crippen molar-refractivity contribution >= 4 is 11.7 Å². The van der Waals surface area contributed by atoms with E-state index in [9.17, 15) is 4.79 Å². The molecule has 0 aliphatic heterocycles. The van der Waals surface area contributed by atoms with E-state index in [1.165, 1.54) is 0 Å². The van der Waals surface area contributed by atoms with Crippen LogP contribution in [-0.4, -0.2) is 31.9 Å². The van der Waals surface area contributed by atoms with Gasteiger partial charge in [-0.05, 0) is 50.6 Å². The highest BCUT2D eigenvalue weighted by molar-refractivity contribution is 5.89. The predicted molar refractivity (Wildman–Crippen MR) is 111 cm³/mol. The lowest BCUT2D eigenvalue weighted by molar-refractivity contribution is 0.252. The quantitative estimate of drug-likeness (QED) is 0.608. The van der Waals surface area contributed by atoms with Crippen LogP contribution in [-0.2, 0) is 6.54 Å². The molecule has 2 aromatic heterocycles. The summed E-state index contributed by atoms with van der Waals surface area (Å²) in [7, 11) is 0. The van der Waals surface area contributed by atoms with Gasteiger partial charge in [-0.15, -0.1) is 0 Å².